The normalized spacial score (nSPS) is 31.1. The SMILES string of the molecule is COc1ccc2c(c1O)C13CCCC=C1C(C2)N(C)CC3. The second kappa shape index (κ2) is 4.51. The summed E-state index contributed by atoms with van der Waals surface area (Å²) in [7, 11) is 3.87. The Morgan fingerprint density at radius 3 is 3.00 bits per heavy atom. The van der Waals surface area contributed by atoms with Crippen molar-refractivity contribution >= 4 is 0 Å². The van der Waals surface area contributed by atoms with Crippen LogP contribution >= 0.6 is 0 Å². The van der Waals surface area contributed by atoms with Gasteiger partial charge in [0.05, 0.1) is 7.11 Å². The molecule has 3 heteroatoms. The molecule has 1 saturated heterocycles. The number of piperidine rings is 1. The van der Waals surface area contributed by atoms with E-state index >= 15 is 0 Å². The molecule has 3 nitrogen and oxygen atoms in total. The second-order valence-corrected chi connectivity index (χ2v) is 6.73. The molecule has 2 bridgehead atoms. The molecule has 1 fully saturated rings. The Morgan fingerprint density at radius 1 is 1.33 bits per heavy atom. The molecule has 2 unspecified atom stereocenters. The molecular weight excluding hydrogens is 262 g/mol. The number of phenolic OH excluding ortho intramolecular Hbond substituents is 1. The number of hydrogen-bond acceptors (Lipinski definition) is 3. The number of hydrogen-bond donors (Lipinski definition) is 1. The number of likely N-dealkylation sites (tertiary alicyclic amines) is 1. The third kappa shape index (κ3) is 1.64. The number of aromatic hydroxyl groups is 1. The van der Waals surface area contributed by atoms with Crippen LogP contribution in [0.3, 0.4) is 0 Å². The van der Waals surface area contributed by atoms with Crippen LogP contribution in [0.2, 0.25) is 0 Å². The third-order valence-electron chi connectivity index (χ3n) is 5.85. The molecule has 0 spiro atoms. The van der Waals surface area contributed by atoms with Crippen LogP contribution in [0.25, 0.3) is 0 Å². The summed E-state index contributed by atoms with van der Waals surface area (Å²) in [5, 5.41) is 10.8. The molecule has 0 radical (unpaired) electrons. The van der Waals surface area contributed by atoms with E-state index in [1.807, 2.05) is 6.07 Å². The van der Waals surface area contributed by atoms with Crippen molar-refractivity contribution in [1.82, 2.24) is 4.90 Å². The van der Waals surface area contributed by atoms with Crippen molar-refractivity contribution in [3.63, 3.8) is 0 Å². The lowest BCUT2D eigenvalue weighted by Gasteiger charge is -2.54. The van der Waals surface area contributed by atoms with Crippen molar-refractivity contribution < 1.29 is 9.84 Å². The van der Waals surface area contributed by atoms with Crippen LogP contribution in [0.1, 0.15) is 36.8 Å². The number of fused-ring (bicyclic) bond motifs is 1. The number of nitrogens with zero attached hydrogens (tertiary/aromatic N) is 1. The van der Waals surface area contributed by atoms with Crippen LogP contribution in [0, 0.1) is 0 Å². The first-order chi connectivity index (χ1) is 10.2. The number of benzene rings is 1. The van der Waals surface area contributed by atoms with Crippen molar-refractivity contribution in [2.45, 2.75) is 43.6 Å². The summed E-state index contributed by atoms with van der Waals surface area (Å²) in [6, 6.07) is 4.59. The van der Waals surface area contributed by atoms with E-state index in [0.29, 0.717) is 17.5 Å². The molecular formula is C18H23NO2. The van der Waals surface area contributed by atoms with Crippen LogP contribution in [-0.4, -0.2) is 36.8 Å². The van der Waals surface area contributed by atoms with Gasteiger partial charge in [-0.2, -0.15) is 0 Å². The summed E-state index contributed by atoms with van der Waals surface area (Å²) >= 11 is 0. The summed E-state index contributed by atoms with van der Waals surface area (Å²) in [5.74, 6) is 0.997. The highest BCUT2D eigenvalue weighted by Crippen LogP contribution is 2.56. The Balaban J connectivity index is 1.99. The largest absolute Gasteiger partial charge is 0.504 e. The van der Waals surface area contributed by atoms with Gasteiger partial charge < -0.3 is 9.84 Å². The first-order valence-corrected chi connectivity index (χ1v) is 7.97. The van der Waals surface area contributed by atoms with Crippen molar-refractivity contribution in [3.8, 4) is 11.5 Å². The van der Waals surface area contributed by atoms with E-state index in [0.717, 1.165) is 31.4 Å². The highest BCUT2D eigenvalue weighted by Gasteiger charge is 2.50. The molecule has 1 heterocycles. The van der Waals surface area contributed by atoms with Crippen molar-refractivity contribution in [2.75, 3.05) is 20.7 Å². The van der Waals surface area contributed by atoms with E-state index in [-0.39, 0.29) is 5.41 Å². The van der Waals surface area contributed by atoms with E-state index in [1.165, 1.54) is 18.4 Å². The van der Waals surface area contributed by atoms with Crippen LogP contribution in [0.15, 0.2) is 23.8 Å². The zero-order valence-electron chi connectivity index (χ0n) is 12.9. The fourth-order valence-corrected chi connectivity index (χ4v) is 4.84. The minimum atomic E-state index is 0.0572. The first kappa shape index (κ1) is 13.2. The number of allylic oxidation sites excluding steroid dienone is 1. The average molecular weight is 285 g/mol. The molecule has 1 N–H and O–H groups in total. The van der Waals surface area contributed by atoms with Gasteiger partial charge >= 0.3 is 0 Å². The summed E-state index contributed by atoms with van der Waals surface area (Å²) in [6.07, 6.45) is 8.14. The van der Waals surface area contributed by atoms with E-state index in [2.05, 4.69) is 24.1 Å². The number of likely N-dealkylation sites (N-methyl/N-ethyl adjacent to an activating group) is 1. The topological polar surface area (TPSA) is 32.7 Å². The molecule has 3 aliphatic rings. The highest BCUT2D eigenvalue weighted by atomic mass is 16.5. The van der Waals surface area contributed by atoms with Gasteiger partial charge in [-0.1, -0.05) is 12.1 Å². The molecule has 21 heavy (non-hydrogen) atoms. The molecule has 2 atom stereocenters. The smallest absolute Gasteiger partial charge is 0.162 e. The lowest BCUT2D eigenvalue weighted by Crippen LogP contribution is -2.54. The van der Waals surface area contributed by atoms with Gasteiger partial charge in [0.1, 0.15) is 0 Å². The predicted octanol–water partition coefficient (Wildman–Crippen LogP) is 3.01. The fourth-order valence-electron chi connectivity index (χ4n) is 4.84. The van der Waals surface area contributed by atoms with E-state index < -0.39 is 0 Å². The summed E-state index contributed by atoms with van der Waals surface area (Å²) < 4.78 is 5.37. The highest BCUT2D eigenvalue weighted by molar-refractivity contribution is 5.61. The maximum absolute atomic E-state index is 10.8. The molecule has 2 aliphatic carbocycles. The molecule has 1 aromatic rings. The minimum Gasteiger partial charge on any atom is -0.504 e. The third-order valence-corrected chi connectivity index (χ3v) is 5.85. The van der Waals surface area contributed by atoms with Gasteiger partial charge in [0.25, 0.3) is 0 Å². The summed E-state index contributed by atoms with van der Waals surface area (Å²) in [5.41, 5.74) is 4.08. The van der Waals surface area contributed by atoms with Gasteiger partial charge in [0, 0.05) is 17.0 Å². The molecule has 1 aliphatic heterocycles. The zero-order valence-corrected chi connectivity index (χ0v) is 12.9. The zero-order chi connectivity index (χ0) is 14.6. The number of methoxy groups -OCH3 is 1. The summed E-state index contributed by atoms with van der Waals surface area (Å²) in [4.78, 5) is 2.49. The lowest BCUT2D eigenvalue weighted by atomic mass is 9.56. The standard InChI is InChI=1S/C18H23NO2/c1-19-10-9-18-8-4-3-5-13(18)14(19)11-12-6-7-15(21-2)17(20)16(12)18/h5-7,14,20H,3-4,8-11H2,1-2H3. The van der Waals surface area contributed by atoms with Gasteiger partial charge in [-0.25, -0.2) is 0 Å². The quantitative estimate of drug-likeness (QED) is 0.805. The van der Waals surface area contributed by atoms with Gasteiger partial charge in [-0.05, 0) is 62.9 Å². The lowest BCUT2D eigenvalue weighted by molar-refractivity contribution is 0.152. The van der Waals surface area contributed by atoms with Crippen LogP contribution in [-0.2, 0) is 11.8 Å². The van der Waals surface area contributed by atoms with Gasteiger partial charge in [0.2, 0.25) is 0 Å². The number of rotatable bonds is 1. The minimum absolute atomic E-state index is 0.0572. The van der Waals surface area contributed by atoms with Crippen molar-refractivity contribution in [2.24, 2.45) is 0 Å². The molecule has 112 valence electrons. The Hall–Kier alpha value is -1.48. The Labute approximate surface area is 126 Å². The molecule has 4 rings (SSSR count). The van der Waals surface area contributed by atoms with Gasteiger partial charge in [0.15, 0.2) is 11.5 Å². The maximum atomic E-state index is 10.8. The monoisotopic (exact) mass is 285 g/mol. The molecule has 1 aromatic carbocycles. The van der Waals surface area contributed by atoms with Crippen LogP contribution in [0.5, 0.6) is 11.5 Å². The Bertz CT molecular complexity index is 622. The van der Waals surface area contributed by atoms with Crippen molar-refractivity contribution in [1.29, 1.82) is 0 Å². The Kier molecular flexibility index (Phi) is 2.83. The van der Waals surface area contributed by atoms with Gasteiger partial charge in [-0.15, -0.1) is 0 Å². The Morgan fingerprint density at radius 2 is 2.19 bits per heavy atom. The molecule has 0 amide bonds. The average Bonchev–Trinajstić information content (AvgIpc) is 2.51. The van der Waals surface area contributed by atoms with E-state index in [1.54, 1.807) is 12.7 Å². The van der Waals surface area contributed by atoms with Gasteiger partial charge in [-0.3, -0.25) is 4.90 Å². The van der Waals surface area contributed by atoms with Crippen molar-refractivity contribution in [3.05, 3.63) is 34.9 Å². The van der Waals surface area contributed by atoms with E-state index in [9.17, 15) is 5.11 Å². The molecule has 0 saturated carbocycles. The fraction of sp³-hybridized carbons (Fsp3) is 0.556. The number of ether oxygens (including phenoxy) is 1. The first-order valence-electron chi connectivity index (χ1n) is 7.97. The predicted molar refractivity (Wildman–Crippen MR) is 83.0 cm³/mol. The second-order valence-electron chi connectivity index (χ2n) is 6.73. The maximum Gasteiger partial charge on any atom is 0.162 e. The van der Waals surface area contributed by atoms with Crippen LogP contribution < -0.4 is 4.74 Å². The summed E-state index contributed by atoms with van der Waals surface area (Å²) in [6.45, 7) is 1.11. The molecule has 0 aromatic heterocycles. The van der Waals surface area contributed by atoms with E-state index in [4.69, 9.17) is 4.74 Å². The number of phenols is 1. The van der Waals surface area contributed by atoms with Crippen LogP contribution in [0.4, 0.5) is 0 Å².